The molecule has 1 aromatic rings. The molecule has 19 heavy (non-hydrogen) atoms. The van der Waals surface area contributed by atoms with Crippen LogP contribution in [0.5, 0.6) is 0 Å². The molecule has 0 saturated carbocycles. The fourth-order valence-corrected chi connectivity index (χ4v) is 2.05. The summed E-state index contributed by atoms with van der Waals surface area (Å²) < 4.78 is 10.8. The lowest BCUT2D eigenvalue weighted by Gasteiger charge is -2.26. The molecule has 0 amide bonds. The lowest BCUT2D eigenvalue weighted by molar-refractivity contribution is -0.383. The van der Waals surface area contributed by atoms with E-state index in [9.17, 15) is 10.1 Å². The molecular weight excluding hydrogens is 250 g/mol. The van der Waals surface area contributed by atoms with Crippen LogP contribution < -0.4 is 11.1 Å². The maximum absolute atomic E-state index is 10.7. The first kappa shape index (κ1) is 13.6. The van der Waals surface area contributed by atoms with Crippen molar-refractivity contribution < 1.29 is 14.4 Å². The van der Waals surface area contributed by atoms with Crippen molar-refractivity contribution in [2.45, 2.75) is 12.0 Å². The number of rotatable bonds is 5. The van der Waals surface area contributed by atoms with E-state index in [1.165, 1.54) is 6.07 Å². The van der Waals surface area contributed by atoms with Crippen molar-refractivity contribution in [2.24, 2.45) is 0 Å². The van der Waals surface area contributed by atoms with Gasteiger partial charge in [-0.2, -0.15) is 0 Å². The number of nitro benzene ring substituents is 1. The van der Waals surface area contributed by atoms with Gasteiger partial charge in [-0.25, -0.2) is 0 Å². The van der Waals surface area contributed by atoms with Crippen LogP contribution >= 0.6 is 0 Å². The number of methoxy groups -OCH3 is 1. The Bertz CT molecular complexity index is 472. The number of ether oxygens (including phenoxy) is 2. The fraction of sp³-hybridized carbons (Fsp3) is 0.500. The van der Waals surface area contributed by atoms with Gasteiger partial charge < -0.3 is 20.5 Å². The van der Waals surface area contributed by atoms with Crippen LogP contribution in [0.3, 0.4) is 0 Å². The van der Waals surface area contributed by atoms with Crippen LogP contribution in [-0.4, -0.2) is 37.4 Å². The van der Waals surface area contributed by atoms with E-state index in [-0.39, 0.29) is 17.0 Å². The summed E-state index contributed by atoms with van der Waals surface area (Å²) in [6.45, 7) is 1.79. The predicted octanol–water partition coefficient (Wildman–Crippen LogP) is 1.39. The highest BCUT2D eigenvalue weighted by Crippen LogP contribution is 2.27. The van der Waals surface area contributed by atoms with Crippen LogP contribution in [0, 0.1) is 10.1 Å². The first-order chi connectivity index (χ1) is 9.06. The van der Waals surface area contributed by atoms with Gasteiger partial charge in [0.25, 0.3) is 5.69 Å². The second-order valence-corrected chi connectivity index (χ2v) is 4.57. The lowest BCUT2D eigenvalue weighted by Crippen LogP contribution is -2.39. The third-order valence-corrected chi connectivity index (χ3v) is 3.34. The van der Waals surface area contributed by atoms with Gasteiger partial charge in [-0.15, -0.1) is 0 Å². The molecule has 0 spiro atoms. The normalized spacial score (nSPS) is 22.4. The van der Waals surface area contributed by atoms with Crippen molar-refractivity contribution in [3.63, 3.8) is 0 Å². The first-order valence-corrected chi connectivity index (χ1v) is 5.97. The lowest BCUT2D eigenvalue weighted by atomic mass is 10.0. The summed E-state index contributed by atoms with van der Waals surface area (Å²) in [5, 5.41) is 13.8. The predicted molar refractivity (Wildman–Crippen MR) is 71.2 cm³/mol. The van der Waals surface area contributed by atoms with Gasteiger partial charge in [-0.1, -0.05) is 0 Å². The molecule has 0 aliphatic carbocycles. The second-order valence-electron chi connectivity index (χ2n) is 4.57. The van der Waals surface area contributed by atoms with Gasteiger partial charge in [0.15, 0.2) is 0 Å². The number of nitrogens with one attached hydrogen (secondary N) is 1. The number of nitrogens with two attached hydrogens (primary N) is 1. The number of nitro groups is 1. The summed E-state index contributed by atoms with van der Waals surface area (Å²) in [6.07, 6.45) is 0.818. The van der Waals surface area contributed by atoms with E-state index in [0.717, 1.165) is 12.1 Å². The number of nitrogen functional groups attached to an aromatic ring is 1. The van der Waals surface area contributed by atoms with Gasteiger partial charge in [-0.05, 0) is 12.1 Å². The first-order valence-electron chi connectivity index (χ1n) is 5.97. The molecule has 1 atom stereocenters. The van der Waals surface area contributed by atoms with E-state index in [1.807, 2.05) is 0 Å². The Kier molecular flexibility index (Phi) is 3.87. The Labute approximate surface area is 110 Å². The average molecular weight is 267 g/mol. The number of hydrogen-bond donors (Lipinski definition) is 2. The maximum atomic E-state index is 10.7. The van der Waals surface area contributed by atoms with Crippen molar-refractivity contribution in [1.82, 2.24) is 0 Å². The monoisotopic (exact) mass is 267 g/mol. The third-order valence-electron chi connectivity index (χ3n) is 3.34. The van der Waals surface area contributed by atoms with Gasteiger partial charge in [0, 0.05) is 38.4 Å². The second kappa shape index (κ2) is 5.41. The standard InChI is InChI=1S/C12H17N3O4/c1-18-12(4-5-19-8-12)7-14-9-2-3-11(15(16)17)10(13)6-9/h2-3,6,14H,4-5,7-8,13H2,1H3. The van der Waals surface area contributed by atoms with Crippen LogP contribution in [0.2, 0.25) is 0 Å². The fourth-order valence-electron chi connectivity index (χ4n) is 2.05. The SMILES string of the molecule is COC1(CNc2ccc([N+](=O)[O-])c(N)c2)CCOC1. The topological polar surface area (TPSA) is 99.6 Å². The van der Waals surface area contributed by atoms with E-state index < -0.39 is 4.92 Å². The van der Waals surface area contributed by atoms with E-state index in [0.29, 0.717) is 19.8 Å². The summed E-state index contributed by atoms with van der Waals surface area (Å²) in [7, 11) is 1.65. The largest absolute Gasteiger partial charge is 0.393 e. The van der Waals surface area contributed by atoms with Gasteiger partial charge >= 0.3 is 0 Å². The number of nitrogens with zero attached hydrogens (tertiary/aromatic N) is 1. The Hall–Kier alpha value is -1.86. The zero-order valence-corrected chi connectivity index (χ0v) is 10.7. The summed E-state index contributed by atoms with van der Waals surface area (Å²) in [6, 6.07) is 4.58. The molecule has 0 bridgehead atoms. The summed E-state index contributed by atoms with van der Waals surface area (Å²) in [5.74, 6) is 0. The van der Waals surface area contributed by atoms with Crippen molar-refractivity contribution in [2.75, 3.05) is 37.9 Å². The highest BCUT2D eigenvalue weighted by atomic mass is 16.6. The van der Waals surface area contributed by atoms with E-state index in [4.69, 9.17) is 15.2 Å². The molecule has 3 N–H and O–H groups in total. The third kappa shape index (κ3) is 2.94. The Balaban J connectivity index is 2.03. The Morgan fingerprint density at radius 2 is 2.42 bits per heavy atom. The number of hydrogen-bond acceptors (Lipinski definition) is 6. The van der Waals surface area contributed by atoms with Gasteiger partial charge in [0.2, 0.25) is 0 Å². The molecule has 1 unspecified atom stereocenters. The minimum atomic E-state index is -0.499. The van der Waals surface area contributed by atoms with Gasteiger partial charge in [0.1, 0.15) is 11.3 Å². The van der Waals surface area contributed by atoms with E-state index in [1.54, 1.807) is 19.2 Å². The molecule has 0 radical (unpaired) electrons. The van der Waals surface area contributed by atoms with Gasteiger partial charge in [0.05, 0.1) is 11.5 Å². The maximum Gasteiger partial charge on any atom is 0.292 e. The Morgan fingerprint density at radius 3 is 2.95 bits per heavy atom. The Morgan fingerprint density at radius 1 is 1.63 bits per heavy atom. The molecule has 1 saturated heterocycles. The van der Waals surface area contributed by atoms with Gasteiger partial charge in [-0.3, -0.25) is 10.1 Å². The van der Waals surface area contributed by atoms with Crippen LogP contribution in [-0.2, 0) is 9.47 Å². The van der Waals surface area contributed by atoms with Crippen molar-refractivity contribution in [3.05, 3.63) is 28.3 Å². The highest BCUT2D eigenvalue weighted by Gasteiger charge is 2.34. The van der Waals surface area contributed by atoms with Crippen LogP contribution in [0.4, 0.5) is 17.1 Å². The van der Waals surface area contributed by atoms with E-state index in [2.05, 4.69) is 5.32 Å². The number of benzene rings is 1. The summed E-state index contributed by atoms with van der Waals surface area (Å²) in [5.41, 5.74) is 6.08. The molecule has 1 aliphatic rings. The van der Waals surface area contributed by atoms with Crippen molar-refractivity contribution in [3.8, 4) is 0 Å². The van der Waals surface area contributed by atoms with Crippen LogP contribution in [0.1, 0.15) is 6.42 Å². The minimum Gasteiger partial charge on any atom is -0.393 e. The zero-order valence-electron chi connectivity index (χ0n) is 10.7. The molecule has 1 aliphatic heterocycles. The molecule has 2 rings (SSSR count). The highest BCUT2D eigenvalue weighted by molar-refractivity contribution is 5.65. The molecular formula is C12H17N3O4. The molecule has 1 heterocycles. The molecule has 1 aromatic carbocycles. The van der Waals surface area contributed by atoms with E-state index >= 15 is 0 Å². The van der Waals surface area contributed by atoms with Crippen LogP contribution in [0.25, 0.3) is 0 Å². The number of anilines is 2. The van der Waals surface area contributed by atoms with Crippen LogP contribution in [0.15, 0.2) is 18.2 Å². The molecule has 7 heteroatoms. The molecule has 7 nitrogen and oxygen atoms in total. The minimum absolute atomic E-state index is 0.0868. The van der Waals surface area contributed by atoms with Crippen molar-refractivity contribution in [1.29, 1.82) is 0 Å². The quantitative estimate of drug-likeness (QED) is 0.475. The molecule has 0 aromatic heterocycles. The summed E-state index contributed by atoms with van der Waals surface area (Å²) in [4.78, 5) is 10.2. The summed E-state index contributed by atoms with van der Waals surface area (Å²) >= 11 is 0. The molecule has 104 valence electrons. The molecule has 1 fully saturated rings. The average Bonchev–Trinajstić information content (AvgIpc) is 2.85. The zero-order chi connectivity index (χ0) is 13.9. The smallest absolute Gasteiger partial charge is 0.292 e. The van der Waals surface area contributed by atoms with Crippen molar-refractivity contribution >= 4 is 17.1 Å².